The van der Waals surface area contributed by atoms with Crippen molar-refractivity contribution < 1.29 is 14.3 Å². The van der Waals surface area contributed by atoms with E-state index < -0.39 is 11.7 Å². The van der Waals surface area contributed by atoms with Crippen LogP contribution < -0.4 is 5.63 Å². The molecule has 3 fully saturated rings. The second-order valence-electron chi connectivity index (χ2n) is 8.97. The first-order valence-corrected chi connectivity index (χ1v) is 10.6. The number of hydrogen-bond acceptors (Lipinski definition) is 5. The molecule has 2 aromatic rings. The average molecular weight is 397 g/mol. The number of rotatable bonds is 3. The molecule has 0 aromatic carbocycles. The van der Waals surface area contributed by atoms with Gasteiger partial charge in [-0.1, -0.05) is 6.42 Å². The fourth-order valence-electron chi connectivity index (χ4n) is 5.30. The van der Waals surface area contributed by atoms with Gasteiger partial charge in [0, 0.05) is 31.4 Å². The van der Waals surface area contributed by atoms with E-state index in [1.807, 2.05) is 23.8 Å². The Hall–Kier alpha value is -2.41. The van der Waals surface area contributed by atoms with Gasteiger partial charge in [-0.2, -0.15) is 0 Å². The summed E-state index contributed by atoms with van der Waals surface area (Å²) in [6, 6.07) is 1.86. The lowest BCUT2D eigenvalue weighted by Crippen LogP contribution is -2.35. The van der Waals surface area contributed by atoms with Crippen molar-refractivity contribution in [3.63, 3.8) is 0 Å². The molecule has 1 aliphatic heterocycles. The van der Waals surface area contributed by atoms with E-state index in [2.05, 4.69) is 4.98 Å². The molecule has 2 aliphatic carbocycles. The van der Waals surface area contributed by atoms with E-state index in [4.69, 9.17) is 4.42 Å². The van der Waals surface area contributed by atoms with Gasteiger partial charge < -0.3 is 19.0 Å². The average Bonchev–Trinajstić information content (AvgIpc) is 3.28. The predicted octanol–water partition coefficient (Wildman–Crippen LogP) is 2.50. The maximum Gasteiger partial charge on any atom is 0.349 e. The van der Waals surface area contributed by atoms with Gasteiger partial charge in [-0.15, -0.1) is 0 Å². The zero-order valence-corrected chi connectivity index (χ0v) is 16.7. The minimum atomic E-state index is -0.511. The molecule has 0 unspecified atom stereocenters. The maximum absolute atomic E-state index is 13.2. The Morgan fingerprint density at radius 3 is 2.62 bits per heavy atom. The summed E-state index contributed by atoms with van der Waals surface area (Å²) in [5.74, 6) is 1.38. The number of aromatic nitrogens is 2. The van der Waals surface area contributed by atoms with Gasteiger partial charge in [-0.3, -0.25) is 4.79 Å². The molecule has 3 heterocycles. The largest absolute Gasteiger partial charge is 0.427 e. The Morgan fingerprint density at radius 2 is 2.00 bits per heavy atom. The van der Waals surface area contributed by atoms with Crippen LogP contribution in [0.3, 0.4) is 0 Å². The number of aliphatic hydroxyl groups excluding tert-OH is 1. The van der Waals surface area contributed by atoms with E-state index in [1.54, 1.807) is 17.4 Å². The Morgan fingerprint density at radius 1 is 1.24 bits per heavy atom. The highest BCUT2D eigenvalue weighted by atomic mass is 16.4. The molecule has 1 saturated heterocycles. The Balaban J connectivity index is 1.34. The second kappa shape index (κ2) is 7.13. The number of hydrogen-bond donors (Lipinski definition) is 1. The highest BCUT2D eigenvalue weighted by Crippen LogP contribution is 2.42. The molecule has 29 heavy (non-hydrogen) atoms. The molecule has 154 valence electrons. The van der Waals surface area contributed by atoms with Crippen LogP contribution in [0.15, 0.2) is 34.0 Å². The molecule has 4 atom stereocenters. The van der Waals surface area contributed by atoms with Crippen molar-refractivity contribution in [2.75, 3.05) is 13.1 Å². The molecule has 1 N–H and O–H groups in total. The van der Waals surface area contributed by atoms with Gasteiger partial charge in [0.1, 0.15) is 11.3 Å². The molecule has 1 amide bonds. The van der Waals surface area contributed by atoms with Crippen LogP contribution in [0.4, 0.5) is 0 Å². The number of aryl methyl sites for hydroxylation is 1. The number of amides is 1. The van der Waals surface area contributed by atoms with E-state index in [0.29, 0.717) is 36.9 Å². The van der Waals surface area contributed by atoms with Crippen LogP contribution >= 0.6 is 0 Å². The molecule has 0 radical (unpaired) electrons. The summed E-state index contributed by atoms with van der Waals surface area (Å²) >= 11 is 0. The van der Waals surface area contributed by atoms with Crippen LogP contribution in [0, 0.1) is 18.8 Å². The van der Waals surface area contributed by atoms with E-state index in [1.165, 1.54) is 0 Å². The predicted molar refractivity (Wildman–Crippen MR) is 106 cm³/mol. The second-order valence-corrected chi connectivity index (χ2v) is 8.97. The summed E-state index contributed by atoms with van der Waals surface area (Å²) in [4.78, 5) is 31.7. The van der Waals surface area contributed by atoms with Gasteiger partial charge in [-0.25, -0.2) is 9.78 Å². The number of nitrogens with zero attached hydrogens (tertiary/aromatic N) is 3. The van der Waals surface area contributed by atoms with E-state index >= 15 is 0 Å². The summed E-state index contributed by atoms with van der Waals surface area (Å²) in [5, 5.41) is 10.6. The molecule has 7 nitrogen and oxygen atoms in total. The van der Waals surface area contributed by atoms with Gasteiger partial charge in [0.15, 0.2) is 0 Å². The summed E-state index contributed by atoms with van der Waals surface area (Å²) in [5.41, 5.74) is 0.362. The molecule has 0 spiro atoms. The zero-order valence-electron chi connectivity index (χ0n) is 16.7. The van der Waals surface area contributed by atoms with Gasteiger partial charge in [0.05, 0.1) is 18.5 Å². The summed E-state index contributed by atoms with van der Waals surface area (Å²) in [7, 11) is 0. The highest BCUT2D eigenvalue weighted by molar-refractivity contribution is 5.95. The topological polar surface area (TPSA) is 88.6 Å². The Bertz CT molecular complexity index is 963. The molecular weight excluding hydrogens is 370 g/mol. The number of fused-ring (bicyclic) bond motifs is 1. The first kappa shape index (κ1) is 18.6. The van der Waals surface area contributed by atoms with E-state index in [0.717, 1.165) is 31.4 Å². The standard InChI is InChI=1S/C22H27N3O4/c1-13-7-19(14-3-2-4-14)29-22(28)20(13)21(27)25-10-15-8-17(24-6-5-23-12-24)18(26)9-16(15)11-25/h5-7,12,14-18,26H,2-4,8-11H2,1H3/t15-,16+,17-,18-/m1/s1. The highest BCUT2D eigenvalue weighted by Gasteiger charge is 2.44. The van der Waals surface area contributed by atoms with Crippen LogP contribution in [0.5, 0.6) is 0 Å². The molecule has 0 bridgehead atoms. The van der Waals surface area contributed by atoms with Crippen molar-refractivity contribution in [2.45, 2.75) is 57.1 Å². The third-order valence-corrected chi connectivity index (χ3v) is 7.19. The van der Waals surface area contributed by atoms with Crippen LogP contribution in [0.1, 0.15) is 65.7 Å². The molecule has 7 heteroatoms. The van der Waals surface area contributed by atoms with Crippen LogP contribution in [-0.4, -0.2) is 44.7 Å². The maximum atomic E-state index is 13.2. The first-order chi connectivity index (χ1) is 14.0. The van der Waals surface area contributed by atoms with Crippen LogP contribution in [0.25, 0.3) is 0 Å². The number of imidazole rings is 1. The fourth-order valence-corrected chi connectivity index (χ4v) is 5.30. The molecular formula is C22H27N3O4. The smallest absolute Gasteiger partial charge is 0.349 e. The summed E-state index contributed by atoms with van der Waals surface area (Å²) in [6.07, 6.45) is 9.61. The minimum Gasteiger partial charge on any atom is -0.427 e. The monoisotopic (exact) mass is 397 g/mol. The SMILES string of the molecule is Cc1cc(C2CCC2)oc(=O)c1C(=O)N1C[C@H]2C[C@@H](n3ccnc3)[C@H](O)C[C@H]2C1. The van der Waals surface area contributed by atoms with Crippen molar-refractivity contribution in [3.8, 4) is 0 Å². The number of aliphatic hydroxyl groups is 1. The molecule has 3 aliphatic rings. The lowest BCUT2D eigenvalue weighted by molar-refractivity contribution is 0.0357. The molecule has 5 rings (SSSR count). The van der Waals surface area contributed by atoms with E-state index in [9.17, 15) is 14.7 Å². The van der Waals surface area contributed by atoms with Crippen molar-refractivity contribution in [3.05, 3.63) is 52.1 Å². The Kier molecular flexibility index (Phi) is 4.57. The first-order valence-electron chi connectivity index (χ1n) is 10.6. The lowest BCUT2D eigenvalue weighted by Gasteiger charge is -2.35. The van der Waals surface area contributed by atoms with Crippen molar-refractivity contribution in [1.29, 1.82) is 0 Å². The fraction of sp³-hybridized carbons (Fsp3) is 0.591. The quantitative estimate of drug-likeness (QED) is 0.860. The van der Waals surface area contributed by atoms with Gasteiger partial charge in [0.25, 0.3) is 5.91 Å². The third kappa shape index (κ3) is 3.21. The zero-order chi connectivity index (χ0) is 20.1. The van der Waals surface area contributed by atoms with Crippen molar-refractivity contribution >= 4 is 5.91 Å². The number of carbonyl (C=O) groups is 1. The third-order valence-electron chi connectivity index (χ3n) is 7.19. The number of likely N-dealkylation sites (tertiary alicyclic amines) is 1. The molecule has 2 aromatic heterocycles. The normalized spacial score (nSPS) is 29.5. The van der Waals surface area contributed by atoms with Gasteiger partial charge >= 0.3 is 5.63 Å². The minimum absolute atomic E-state index is 0.0117. The van der Waals surface area contributed by atoms with Crippen LogP contribution in [0.2, 0.25) is 0 Å². The van der Waals surface area contributed by atoms with Crippen molar-refractivity contribution in [1.82, 2.24) is 14.5 Å². The van der Waals surface area contributed by atoms with E-state index in [-0.39, 0.29) is 23.4 Å². The lowest BCUT2D eigenvalue weighted by atomic mass is 9.77. The summed E-state index contributed by atoms with van der Waals surface area (Å²) < 4.78 is 7.48. The van der Waals surface area contributed by atoms with Gasteiger partial charge in [-0.05, 0) is 56.1 Å². The molecule has 2 saturated carbocycles. The number of carbonyl (C=O) groups excluding carboxylic acids is 1. The van der Waals surface area contributed by atoms with Crippen molar-refractivity contribution in [2.24, 2.45) is 11.8 Å². The van der Waals surface area contributed by atoms with Crippen LogP contribution in [-0.2, 0) is 0 Å². The van der Waals surface area contributed by atoms with Gasteiger partial charge in [0.2, 0.25) is 0 Å². The Labute approximate surface area is 169 Å². The summed E-state index contributed by atoms with van der Waals surface area (Å²) in [6.45, 7) is 3.03.